The summed E-state index contributed by atoms with van der Waals surface area (Å²) in [5.41, 5.74) is 1.71. The summed E-state index contributed by atoms with van der Waals surface area (Å²) in [6.07, 6.45) is 3.92. The Balaban J connectivity index is 2.63. The van der Waals surface area contributed by atoms with Crippen LogP contribution in [0.4, 0.5) is 16.2 Å². The molecule has 2 amide bonds. The van der Waals surface area contributed by atoms with Gasteiger partial charge in [-0.25, -0.2) is 13.2 Å². The van der Waals surface area contributed by atoms with E-state index in [2.05, 4.69) is 6.58 Å². The second kappa shape index (κ2) is 12.0. The molecule has 192 valence electrons. The highest BCUT2D eigenvalue weighted by atomic mass is 32.2. The molecule has 0 N–H and O–H groups in total. The molecule has 1 aliphatic rings. The van der Waals surface area contributed by atoms with Gasteiger partial charge < -0.3 is 14.4 Å². The van der Waals surface area contributed by atoms with Crippen LogP contribution >= 0.6 is 0 Å². The zero-order chi connectivity index (χ0) is 26.3. The molecule has 0 aliphatic carbocycles. The molecule has 0 aromatic heterocycles. The Kier molecular flexibility index (Phi) is 9.67. The molecule has 0 spiro atoms. The maximum atomic E-state index is 13.2. The molecule has 0 bridgehead atoms. The van der Waals surface area contributed by atoms with Crippen LogP contribution in [0.15, 0.2) is 47.6 Å². The first-order valence-corrected chi connectivity index (χ1v) is 13.0. The van der Waals surface area contributed by atoms with Gasteiger partial charge in [-0.15, -0.1) is 0 Å². The Morgan fingerprint density at radius 3 is 2.37 bits per heavy atom. The van der Waals surface area contributed by atoms with E-state index in [1.807, 2.05) is 6.92 Å². The third-order valence-electron chi connectivity index (χ3n) is 5.66. The summed E-state index contributed by atoms with van der Waals surface area (Å²) < 4.78 is 38.3. The number of rotatable bonds is 9. The monoisotopic (exact) mass is 505 g/mol. The third kappa shape index (κ3) is 5.94. The maximum Gasteiger partial charge on any atom is 0.414 e. The first-order valence-electron chi connectivity index (χ1n) is 11.5. The van der Waals surface area contributed by atoms with Crippen molar-refractivity contribution in [2.75, 3.05) is 43.2 Å². The molecule has 10 heteroatoms. The molecule has 0 radical (unpaired) electrons. The first-order chi connectivity index (χ1) is 16.6. The van der Waals surface area contributed by atoms with Crippen LogP contribution in [0.5, 0.6) is 0 Å². The number of carbonyl (C=O) groups is 2. The van der Waals surface area contributed by atoms with Gasteiger partial charge in [0, 0.05) is 26.6 Å². The Hall–Kier alpha value is -3.11. The van der Waals surface area contributed by atoms with Crippen molar-refractivity contribution >= 4 is 39.5 Å². The summed E-state index contributed by atoms with van der Waals surface area (Å²) in [6, 6.07) is 4.99. The molecule has 1 atom stereocenters. The number of hydrogen-bond donors (Lipinski definition) is 0. The summed E-state index contributed by atoms with van der Waals surface area (Å²) in [4.78, 5) is 28.1. The number of methoxy groups -OCH3 is 1. The predicted octanol–water partition coefficient (Wildman–Crippen LogP) is 4.13. The number of allylic oxidation sites excluding steroid dienone is 2. The van der Waals surface area contributed by atoms with E-state index in [4.69, 9.17) is 9.47 Å². The van der Waals surface area contributed by atoms with E-state index < -0.39 is 16.1 Å². The highest BCUT2D eigenvalue weighted by Gasteiger charge is 2.34. The summed E-state index contributed by atoms with van der Waals surface area (Å²) in [5, 5.41) is 0. The van der Waals surface area contributed by atoms with Gasteiger partial charge in [0.05, 0.1) is 31.1 Å². The second-order valence-electron chi connectivity index (χ2n) is 7.86. The average molecular weight is 506 g/mol. The van der Waals surface area contributed by atoms with Gasteiger partial charge in [-0.2, -0.15) is 4.31 Å². The van der Waals surface area contributed by atoms with E-state index in [9.17, 15) is 18.0 Å². The zero-order valence-corrected chi connectivity index (χ0v) is 22.1. The largest absolute Gasteiger partial charge is 0.495 e. The summed E-state index contributed by atoms with van der Waals surface area (Å²) in [7, 11) is -2.46. The lowest BCUT2D eigenvalue weighted by Crippen LogP contribution is -2.51. The summed E-state index contributed by atoms with van der Waals surface area (Å²) in [5.74, 6) is -0.0207. The van der Waals surface area contributed by atoms with Crippen LogP contribution in [-0.4, -0.2) is 64.1 Å². The molecule has 1 aliphatic heterocycles. The molecule has 0 unspecified atom stereocenters. The molecule has 1 aromatic rings. The molecular weight excluding hydrogens is 470 g/mol. The van der Waals surface area contributed by atoms with E-state index in [1.54, 1.807) is 49.9 Å². The summed E-state index contributed by atoms with van der Waals surface area (Å²) >= 11 is 0. The van der Waals surface area contributed by atoms with E-state index >= 15 is 0 Å². The van der Waals surface area contributed by atoms with E-state index in [0.717, 1.165) is 0 Å². The smallest absolute Gasteiger partial charge is 0.414 e. The van der Waals surface area contributed by atoms with Gasteiger partial charge >= 0.3 is 6.09 Å². The molecule has 0 saturated heterocycles. The standard InChI is InChI=1S/C25H35N3O6S/c1-8-23(33-7)24(35(31,32)26(9-2)10-3)15-13-20-12-14-21-22(16-20)27(25(30)34-11-4)17-18(5)28(21)19(6)29/h8,12-16,18H,1,9-11,17H2,2-7H3/b15-13+,24-23-/t18-/m0/s1. The number of sulfonamides is 1. The van der Waals surface area contributed by atoms with Crippen molar-refractivity contribution in [1.29, 1.82) is 0 Å². The van der Waals surface area contributed by atoms with Crippen molar-refractivity contribution in [1.82, 2.24) is 4.31 Å². The molecule has 35 heavy (non-hydrogen) atoms. The lowest BCUT2D eigenvalue weighted by molar-refractivity contribution is -0.117. The van der Waals surface area contributed by atoms with Gasteiger partial charge in [-0.05, 0) is 43.7 Å². The number of nitrogens with zero attached hydrogens (tertiary/aromatic N) is 3. The number of benzene rings is 1. The fraction of sp³-hybridized carbons (Fsp3) is 0.440. The van der Waals surface area contributed by atoms with Crippen LogP contribution in [0.25, 0.3) is 6.08 Å². The zero-order valence-electron chi connectivity index (χ0n) is 21.3. The highest BCUT2D eigenvalue weighted by molar-refractivity contribution is 7.93. The number of amides is 2. The van der Waals surface area contributed by atoms with Crippen LogP contribution in [0.3, 0.4) is 0 Å². The fourth-order valence-corrected chi connectivity index (χ4v) is 5.67. The van der Waals surface area contributed by atoms with Gasteiger partial charge in [0.15, 0.2) is 0 Å². The Morgan fingerprint density at radius 1 is 1.20 bits per heavy atom. The van der Waals surface area contributed by atoms with Gasteiger partial charge in [-0.1, -0.05) is 32.6 Å². The maximum absolute atomic E-state index is 13.2. The number of fused-ring (bicyclic) bond motifs is 1. The fourth-order valence-electron chi connectivity index (χ4n) is 4.05. The summed E-state index contributed by atoms with van der Waals surface area (Å²) in [6.45, 7) is 13.4. The lowest BCUT2D eigenvalue weighted by Gasteiger charge is -2.40. The Bertz CT molecular complexity index is 1120. The number of hydrogen-bond acceptors (Lipinski definition) is 6. The van der Waals surface area contributed by atoms with Gasteiger partial charge in [-0.3, -0.25) is 9.69 Å². The molecular formula is C25H35N3O6S. The van der Waals surface area contributed by atoms with Crippen molar-refractivity contribution < 1.29 is 27.5 Å². The van der Waals surface area contributed by atoms with E-state index in [1.165, 1.54) is 35.4 Å². The molecule has 1 heterocycles. The number of ether oxygens (including phenoxy) is 2. The van der Waals surface area contributed by atoms with Crippen molar-refractivity contribution in [2.24, 2.45) is 0 Å². The van der Waals surface area contributed by atoms with Crippen molar-refractivity contribution in [3.63, 3.8) is 0 Å². The molecule has 9 nitrogen and oxygen atoms in total. The van der Waals surface area contributed by atoms with Crippen LogP contribution < -0.4 is 9.80 Å². The van der Waals surface area contributed by atoms with Gasteiger partial charge in [0.1, 0.15) is 10.7 Å². The SMILES string of the molecule is C=C/C(OC)=C(\C=C\c1ccc2c(c1)N(C(=O)OCC)C[C@H](C)N2C(C)=O)S(=O)(=O)N(CC)CC. The van der Waals surface area contributed by atoms with Crippen molar-refractivity contribution in [3.05, 3.63) is 53.2 Å². The molecule has 0 fully saturated rings. The normalized spacial score (nSPS) is 16.7. The highest BCUT2D eigenvalue weighted by Crippen LogP contribution is 2.37. The van der Waals surface area contributed by atoms with E-state index in [0.29, 0.717) is 30.0 Å². The van der Waals surface area contributed by atoms with Gasteiger partial charge in [0.2, 0.25) is 15.9 Å². The second-order valence-corrected chi connectivity index (χ2v) is 9.76. The van der Waals surface area contributed by atoms with Crippen LogP contribution in [0.1, 0.15) is 40.2 Å². The number of anilines is 2. The van der Waals surface area contributed by atoms with Crippen LogP contribution in [0.2, 0.25) is 0 Å². The Morgan fingerprint density at radius 2 is 1.86 bits per heavy atom. The van der Waals surface area contributed by atoms with E-state index in [-0.39, 0.29) is 35.8 Å². The Labute approximate surface area is 208 Å². The average Bonchev–Trinajstić information content (AvgIpc) is 2.81. The van der Waals surface area contributed by atoms with Gasteiger partial charge in [0.25, 0.3) is 0 Å². The quantitative estimate of drug-likeness (QED) is 0.370. The minimum Gasteiger partial charge on any atom is -0.495 e. The van der Waals surface area contributed by atoms with Crippen molar-refractivity contribution in [3.8, 4) is 0 Å². The van der Waals surface area contributed by atoms with Crippen LogP contribution in [-0.2, 0) is 24.3 Å². The predicted molar refractivity (Wildman–Crippen MR) is 139 cm³/mol. The topological polar surface area (TPSA) is 96.5 Å². The third-order valence-corrected chi connectivity index (χ3v) is 7.75. The van der Waals surface area contributed by atoms with Crippen LogP contribution in [0, 0.1) is 0 Å². The lowest BCUT2D eigenvalue weighted by atomic mass is 10.0. The number of carbonyl (C=O) groups excluding carboxylic acids is 2. The minimum atomic E-state index is -3.84. The van der Waals surface area contributed by atoms with Crippen molar-refractivity contribution in [2.45, 2.75) is 40.7 Å². The molecule has 0 saturated carbocycles. The molecule has 2 rings (SSSR count). The molecule has 1 aromatic carbocycles. The first kappa shape index (κ1) is 28.1. The minimum absolute atomic E-state index is 0.0299.